The van der Waals surface area contributed by atoms with Gasteiger partial charge in [-0.15, -0.1) is 0 Å². The monoisotopic (exact) mass is 396 g/mol. The van der Waals surface area contributed by atoms with Gasteiger partial charge in [-0.1, -0.05) is 36.4 Å². The molecule has 29 heavy (non-hydrogen) atoms. The van der Waals surface area contributed by atoms with Crippen molar-refractivity contribution in [3.8, 4) is 0 Å². The van der Waals surface area contributed by atoms with Crippen LogP contribution in [0.2, 0.25) is 0 Å². The number of carbonyl (C=O) groups excluding carboxylic acids is 2. The van der Waals surface area contributed by atoms with E-state index >= 15 is 0 Å². The van der Waals surface area contributed by atoms with E-state index in [0.29, 0.717) is 44.2 Å². The number of aryl methyl sites for hydroxylation is 2. The van der Waals surface area contributed by atoms with E-state index in [4.69, 9.17) is 0 Å². The van der Waals surface area contributed by atoms with E-state index in [1.165, 1.54) is 6.07 Å². The van der Waals surface area contributed by atoms with Gasteiger partial charge in [-0.3, -0.25) is 9.59 Å². The van der Waals surface area contributed by atoms with E-state index in [0.717, 1.165) is 16.8 Å². The minimum Gasteiger partial charge on any atom is -0.356 e. The zero-order valence-corrected chi connectivity index (χ0v) is 17.1. The van der Waals surface area contributed by atoms with Crippen molar-refractivity contribution in [1.29, 1.82) is 0 Å². The molecule has 0 saturated heterocycles. The number of amides is 2. The highest BCUT2D eigenvalue weighted by Crippen LogP contribution is 2.30. The van der Waals surface area contributed by atoms with Gasteiger partial charge in [0.25, 0.3) is 0 Å². The van der Waals surface area contributed by atoms with Crippen LogP contribution in [0.25, 0.3) is 0 Å². The second kappa shape index (κ2) is 9.68. The van der Waals surface area contributed by atoms with Crippen LogP contribution in [0.5, 0.6) is 0 Å². The van der Waals surface area contributed by atoms with Gasteiger partial charge in [0.15, 0.2) is 0 Å². The summed E-state index contributed by atoms with van der Waals surface area (Å²) in [6.45, 7) is 4.41. The number of nitrogens with one attached hydrogen (secondary N) is 2. The minimum absolute atomic E-state index is 0.00921. The van der Waals surface area contributed by atoms with Gasteiger partial charge in [-0.2, -0.15) is 0 Å². The van der Waals surface area contributed by atoms with Gasteiger partial charge < -0.3 is 10.6 Å². The molecule has 0 unspecified atom stereocenters. The second-order valence-corrected chi connectivity index (χ2v) is 7.94. The molecule has 0 heterocycles. The smallest absolute Gasteiger partial charge is 0.227 e. The Kier molecular flexibility index (Phi) is 7.02. The number of para-hydroxylation sites is 1. The highest BCUT2D eigenvalue weighted by molar-refractivity contribution is 5.94. The molecule has 154 valence electrons. The molecule has 2 amide bonds. The van der Waals surface area contributed by atoms with Gasteiger partial charge in [0.2, 0.25) is 11.8 Å². The largest absolute Gasteiger partial charge is 0.356 e. The molecule has 0 bridgehead atoms. The summed E-state index contributed by atoms with van der Waals surface area (Å²) in [6, 6.07) is 12.6. The fourth-order valence-corrected chi connectivity index (χ4v) is 4.02. The molecule has 4 nitrogen and oxygen atoms in total. The fraction of sp³-hybridized carbons (Fsp3) is 0.417. The van der Waals surface area contributed by atoms with Gasteiger partial charge in [-0.05, 0) is 68.7 Å². The predicted octanol–water partition coefficient (Wildman–Crippen LogP) is 4.55. The summed E-state index contributed by atoms with van der Waals surface area (Å²) >= 11 is 0. The Morgan fingerprint density at radius 2 is 1.48 bits per heavy atom. The summed E-state index contributed by atoms with van der Waals surface area (Å²) < 4.78 is 13.6. The SMILES string of the molecule is Cc1cccc(C)c1NC(=O)C1CCC(C(=O)NCCc2ccccc2F)CC1. The molecule has 0 atom stereocenters. The zero-order chi connectivity index (χ0) is 20.8. The summed E-state index contributed by atoms with van der Waals surface area (Å²) in [7, 11) is 0. The first kappa shape index (κ1) is 21.0. The highest BCUT2D eigenvalue weighted by Gasteiger charge is 2.30. The van der Waals surface area contributed by atoms with Crippen molar-refractivity contribution in [2.45, 2.75) is 46.0 Å². The minimum atomic E-state index is -0.239. The Bertz CT molecular complexity index is 853. The molecule has 0 aliphatic heterocycles. The van der Waals surface area contributed by atoms with Crippen LogP contribution in [0.15, 0.2) is 42.5 Å². The summed E-state index contributed by atoms with van der Waals surface area (Å²) in [4.78, 5) is 25.1. The van der Waals surface area contributed by atoms with Crippen LogP contribution >= 0.6 is 0 Å². The zero-order valence-electron chi connectivity index (χ0n) is 17.1. The second-order valence-electron chi connectivity index (χ2n) is 7.94. The van der Waals surface area contributed by atoms with Crippen LogP contribution in [0, 0.1) is 31.5 Å². The molecule has 0 radical (unpaired) electrons. The molecule has 0 spiro atoms. The number of carbonyl (C=O) groups is 2. The van der Waals surface area contributed by atoms with E-state index in [2.05, 4.69) is 10.6 Å². The summed E-state index contributed by atoms with van der Waals surface area (Å²) in [5.41, 5.74) is 3.62. The van der Waals surface area contributed by atoms with E-state index < -0.39 is 0 Å². The van der Waals surface area contributed by atoms with Crippen LogP contribution < -0.4 is 10.6 Å². The topological polar surface area (TPSA) is 58.2 Å². The van der Waals surface area contributed by atoms with Crippen molar-refractivity contribution in [2.24, 2.45) is 11.8 Å². The van der Waals surface area contributed by atoms with Gasteiger partial charge in [0.1, 0.15) is 5.82 Å². The Labute approximate surface area is 171 Å². The van der Waals surface area contributed by atoms with Crippen molar-refractivity contribution < 1.29 is 14.0 Å². The normalized spacial score (nSPS) is 18.9. The lowest BCUT2D eigenvalue weighted by Gasteiger charge is -2.27. The molecule has 1 aliphatic rings. The molecule has 3 rings (SSSR count). The quantitative estimate of drug-likeness (QED) is 0.753. The van der Waals surface area contributed by atoms with E-state index in [-0.39, 0.29) is 29.5 Å². The molecule has 1 saturated carbocycles. The molecular weight excluding hydrogens is 367 g/mol. The lowest BCUT2D eigenvalue weighted by atomic mass is 9.81. The van der Waals surface area contributed by atoms with Crippen molar-refractivity contribution >= 4 is 17.5 Å². The highest BCUT2D eigenvalue weighted by atomic mass is 19.1. The van der Waals surface area contributed by atoms with E-state index in [1.54, 1.807) is 18.2 Å². The van der Waals surface area contributed by atoms with Crippen molar-refractivity contribution in [2.75, 3.05) is 11.9 Å². The van der Waals surface area contributed by atoms with Crippen molar-refractivity contribution in [3.05, 3.63) is 65.0 Å². The molecule has 2 N–H and O–H groups in total. The average molecular weight is 397 g/mol. The Hall–Kier alpha value is -2.69. The van der Waals surface area contributed by atoms with Crippen LogP contribution in [-0.2, 0) is 16.0 Å². The summed E-state index contributed by atoms with van der Waals surface area (Å²) in [5.74, 6) is -0.316. The standard InChI is InChI=1S/C24H29FN2O2/c1-16-6-5-7-17(2)22(16)27-24(29)20-12-10-19(11-13-20)23(28)26-15-14-18-8-3-4-9-21(18)25/h3-9,19-20H,10-15H2,1-2H3,(H,26,28)(H,27,29). The van der Waals surface area contributed by atoms with Gasteiger partial charge in [0.05, 0.1) is 0 Å². The molecule has 5 heteroatoms. The maximum absolute atomic E-state index is 13.6. The summed E-state index contributed by atoms with van der Waals surface area (Å²) in [6.07, 6.45) is 3.31. The third kappa shape index (κ3) is 5.43. The molecule has 2 aromatic rings. The molecular formula is C24H29FN2O2. The third-order valence-corrected chi connectivity index (χ3v) is 5.85. The first-order valence-electron chi connectivity index (χ1n) is 10.3. The van der Waals surface area contributed by atoms with E-state index in [1.807, 2.05) is 32.0 Å². The van der Waals surface area contributed by atoms with Crippen LogP contribution in [0.3, 0.4) is 0 Å². The number of halogens is 1. The lowest BCUT2D eigenvalue weighted by molar-refractivity contribution is -0.128. The van der Waals surface area contributed by atoms with Gasteiger partial charge >= 0.3 is 0 Å². The number of rotatable bonds is 6. The number of anilines is 1. The third-order valence-electron chi connectivity index (χ3n) is 5.85. The number of hydrogen-bond donors (Lipinski definition) is 2. The predicted molar refractivity (Wildman–Crippen MR) is 113 cm³/mol. The fourth-order valence-electron chi connectivity index (χ4n) is 4.02. The lowest BCUT2D eigenvalue weighted by Crippen LogP contribution is -2.36. The van der Waals surface area contributed by atoms with Crippen molar-refractivity contribution in [3.63, 3.8) is 0 Å². The van der Waals surface area contributed by atoms with Crippen LogP contribution in [-0.4, -0.2) is 18.4 Å². The van der Waals surface area contributed by atoms with Crippen LogP contribution in [0.4, 0.5) is 10.1 Å². The molecule has 2 aromatic carbocycles. The maximum Gasteiger partial charge on any atom is 0.227 e. The molecule has 1 fully saturated rings. The first-order chi connectivity index (χ1) is 14.0. The van der Waals surface area contributed by atoms with E-state index in [9.17, 15) is 14.0 Å². The van der Waals surface area contributed by atoms with Crippen molar-refractivity contribution in [1.82, 2.24) is 5.32 Å². The Morgan fingerprint density at radius 1 is 0.897 bits per heavy atom. The average Bonchev–Trinajstić information content (AvgIpc) is 2.72. The Balaban J connectivity index is 1.44. The molecule has 1 aliphatic carbocycles. The maximum atomic E-state index is 13.6. The number of hydrogen-bond acceptors (Lipinski definition) is 2. The van der Waals surface area contributed by atoms with Crippen LogP contribution in [0.1, 0.15) is 42.4 Å². The Morgan fingerprint density at radius 3 is 2.10 bits per heavy atom. The first-order valence-corrected chi connectivity index (χ1v) is 10.3. The summed E-state index contributed by atoms with van der Waals surface area (Å²) in [5, 5.41) is 6.00. The van der Waals surface area contributed by atoms with Gasteiger partial charge in [-0.25, -0.2) is 4.39 Å². The number of benzene rings is 2. The molecule has 0 aromatic heterocycles. The van der Waals surface area contributed by atoms with Gasteiger partial charge in [0, 0.05) is 24.1 Å².